The highest BCUT2D eigenvalue weighted by molar-refractivity contribution is 9.10. The Hall–Kier alpha value is -2.48. The summed E-state index contributed by atoms with van der Waals surface area (Å²) in [6, 6.07) is 7.52. The van der Waals surface area contributed by atoms with Crippen LogP contribution in [0.25, 0.3) is 11.1 Å². The molecule has 1 fully saturated rings. The fourth-order valence-corrected chi connectivity index (χ4v) is 4.49. The smallest absolute Gasteiger partial charge is 0.316 e. The number of anilines is 1. The van der Waals surface area contributed by atoms with Gasteiger partial charge in [-0.1, -0.05) is 28.1 Å². The molecule has 1 saturated carbocycles. The first-order valence-electron chi connectivity index (χ1n) is 9.96. The first kappa shape index (κ1) is 23.7. The summed E-state index contributed by atoms with van der Waals surface area (Å²) in [5.41, 5.74) is 1.11. The molecule has 2 N–H and O–H groups in total. The van der Waals surface area contributed by atoms with E-state index in [1.54, 1.807) is 12.4 Å². The lowest BCUT2D eigenvalue weighted by atomic mass is 10.1. The van der Waals surface area contributed by atoms with Crippen LogP contribution in [0.2, 0.25) is 0 Å². The summed E-state index contributed by atoms with van der Waals surface area (Å²) in [4.78, 5) is 17.6. The van der Waals surface area contributed by atoms with Gasteiger partial charge in [-0.3, -0.25) is 4.72 Å². The molecule has 174 valence electrons. The minimum atomic E-state index is -3.79. The van der Waals surface area contributed by atoms with Crippen molar-refractivity contribution in [3.63, 3.8) is 0 Å². The molecule has 0 saturated heterocycles. The first-order valence-corrected chi connectivity index (χ1v) is 13.5. The maximum atomic E-state index is 12.5. The summed E-state index contributed by atoms with van der Waals surface area (Å²) in [5.74, 6) is 0.339. The monoisotopic (exact) mass is 552 g/mol. The van der Waals surface area contributed by atoms with Gasteiger partial charge in [0.05, 0.1) is 5.56 Å². The van der Waals surface area contributed by atoms with Crippen LogP contribution in [0.1, 0.15) is 12.8 Å². The summed E-state index contributed by atoms with van der Waals surface area (Å²) in [5, 5.41) is 0. The molecule has 4 rings (SSSR count). The van der Waals surface area contributed by atoms with Crippen LogP contribution in [0, 0.1) is 0 Å². The van der Waals surface area contributed by atoms with Gasteiger partial charge in [-0.15, -0.1) is 11.8 Å². The number of nitrogens with one attached hydrogen (secondary N) is 2. The molecule has 1 aromatic carbocycles. The summed E-state index contributed by atoms with van der Waals surface area (Å²) in [7, 11) is -3.79. The van der Waals surface area contributed by atoms with Gasteiger partial charge in [0, 0.05) is 27.8 Å². The molecular formula is C20H21BrN6O4S2. The normalized spacial score (nSPS) is 13.5. The number of rotatable bonds is 11. The minimum Gasteiger partial charge on any atom is -0.473 e. The highest BCUT2D eigenvalue weighted by Gasteiger charge is 2.28. The van der Waals surface area contributed by atoms with Crippen molar-refractivity contribution in [2.75, 3.05) is 24.2 Å². The quantitative estimate of drug-likeness (QED) is 0.272. The van der Waals surface area contributed by atoms with Gasteiger partial charge in [-0.25, -0.2) is 19.9 Å². The van der Waals surface area contributed by atoms with Crippen LogP contribution in [0.4, 0.5) is 5.82 Å². The molecule has 33 heavy (non-hydrogen) atoms. The van der Waals surface area contributed by atoms with Gasteiger partial charge in [0.1, 0.15) is 19.5 Å². The van der Waals surface area contributed by atoms with Crippen molar-refractivity contribution < 1.29 is 17.9 Å². The molecule has 0 amide bonds. The van der Waals surface area contributed by atoms with Crippen LogP contribution < -0.4 is 18.9 Å². The highest BCUT2D eigenvalue weighted by Crippen LogP contribution is 2.35. The standard InChI is InChI=1S/C20H21BrN6O4S2/c1-32-16-10-22-20(23-11-16)31-9-8-30-19-17(13-2-4-14(21)5-3-13)18(24-12-25-19)27-33(28,29)26-15-6-7-15/h2-5,10-12,15,26H,6-9H2,1H3,(H,24,25,27). The summed E-state index contributed by atoms with van der Waals surface area (Å²) >= 11 is 4.95. The van der Waals surface area contributed by atoms with E-state index in [-0.39, 0.29) is 37.0 Å². The Morgan fingerprint density at radius 1 is 1.06 bits per heavy atom. The molecule has 3 aromatic rings. The van der Waals surface area contributed by atoms with Crippen LogP contribution in [0.5, 0.6) is 11.9 Å². The van der Waals surface area contributed by atoms with Crippen LogP contribution in [-0.4, -0.2) is 53.9 Å². The van der Waals surface area contributed by atoms with Crippen molar-refractivity contribution in [1.82, 2.24) is 24.7 Å². The molecule has 0 radical (unpaired) electrons. The van der Waals surface area contributed by atoms with Crippen molar-refractivity contribution in [1.29, 1.82) is 0 Å². The van der Waals surface area contributed by atoms with Crippen LogP contribution in [-0.2, 0) is 10.2 Å². The lowest BCUT2D eigenvalue weighted by Gasteiger charge is -2.15. The molecule has 2 aromatic heterocycles. The van der Waals surface area contributed by atoms with E-state index in [4.69, 9.17) is 9.47 Å². The lowest BCUT2D eigenvalue weighted by Crippen LogP contribution is -2.32. The van der Waals surface area contributed by atoms with Crippen LogP contribution in [0.3, 0.4) is 0 Å². The Morgan fingerprint density at radius 2 is 1.76 bits per heavy atom. The van der Waals surface area contributed by atoms with Crippen molar-refractivity contribution in [3.8, 4) is 23.0 Å². The van der Waals surface area contributed by atoms with E-state index >= 15 is 0 Å². The third kappa shape index (κ3) is 6.76. The van der Waals surface area contributed by atoms with Gasteiger partial charge in [0.25, 0.3) is 0 Å². The second kappa shape index (κ2) is 10.6. The predicted molar refractivity (Wildman–Crippen MR) is 129 cm³/mol. The maximum Gasteiger partial charge on any atom is 0.316 e. The Labute approximate surface area is 204 Å². The highest BCUT2D eigenvalue weighted by atomic mass is 79.9. The topological polar surface area (TPSA) is 128 Å². The Balaban J connectivity index is 1.51. The largest absolute Gasteiger partial charge is 0.473 e. The predicted octanol–water partition coefficient (Wildman–Crippen LogP) is 3.28. The average molecular weight is 553 g/mol. The second-order valence-corrected chi connectivity index (χ2v) is 10.3. The molecule has 1 aliphatic carbocycles. The zero-order chi connectivity index (χ0) is 23.3. The van der Waals surface area contributed by atoms with E-state index in [0.717, 1.165) is 22.2 Å². The number of hydrogen-bond donors (Lipinski definition) is 2. The first-order chi connectivity index (χ1) is 15.9. The molecule has 10 nitrogen and oxygen atoms in total. The number of aromatic nitrogens is 4. The van der Waals surface area contributed by atoms with Gasteiger partial charge in [-0.2, -0.15) is 13.1 Å². The van der Waals surface area contributed by atoms with Gasteiger partial charge in [0.15, 0.2) is 5.82 Å². The summed E-state index contributed by atoms with van der Waals surface area (Å²) in [6.07, 6.45) is 8.19. The molecule has 0 aliphatic heterocycles. The molecular weight excluding hydrogens is 532 g/mol. The molecule has 0 unspecified atom stereocenters. The van der Waals surface area contributed by atoms with Crippen molar-refractivity contribution >= 4 is 43.7 Å². The maximum absolute atomic E-state index is 12.5. The lowest BCUT2D eigenvalue weighted by molar-refractivity contribution is 0.201. The molecule has 0 spiro atoms. The van der Waals surface area contributed by atoms with E-state index in [1.165, 1.54) is 18.1 Å². The van der Waals surface area contributed by atoms with E-state index in [1.807, 2.05) is 30.5 Å². The third-order valence-corrected chi connectivity index (χ3v) is 6.79. The fraction of sp³-hybridized carbons (Fsp3) is 0.300. The molecule has 0 bridgehead atoms. The van der Waals surface area contributed by atoms with Gasteiger partial charge in [-0.05, 0) is 36.8 Å². The molecule has 0 atom stereocenters. The van der Waals surface area contributed by atoms with E-state index in [2.05, 4.69) is 45.3 Å². The number of thioether (sulfide) groups is 1. The number of halogens is 1. The van der Waals surface area contributed by atoms with Gasteiger partial charge in [0.2, 0.25) is 5.88 Å². The zero-order valence-corrected chi connectivity index (χ0v) is 20.8. The molecule has 2 heterocycles. The number of benzene rings is 1. The zero-order valence-electron chi connectivity index (χ0n) is 17.6. The third-order valence-electron chi connectivity index (χ3n) is 4.47. The fourth-order valence-electron chi connectivity index (χ4n) is 2.77. The minimum absolute atomic E-state index is 0.0412. The van der Waals surface area contributed by atoms with Crippen molar-refractivity contribution in [3.05, 3.63) is 47.5 Å². The molecule has 13 heteroatoms. The van der Waals surface area contributed by atoms with Gasteiger partial charge < -0.3 is 9.47 Å². The van der Waals surface area contributed by atoms with Crippen LogP contribution >= 0.6 is 27.7 Å². The Bertz CT molecular complexity index is 1190. The van der Waals surface area contributed by atoms with E-state index in [9.17, 15) is 8.42 Å². The van der Waals surface area contributed by atoms with E-state index < -0.39 is 10.2 Å². The van der Waals surface area contributed by atoms with Gasteiger partial charge >= 0.3 is 16.2 Å². The summed E-state index contributed by atoms with van der Waals surface area (Å²) < 4.78 is 42.3. The van der Waals surface area contributed by atoms with E-state index in [0.29, 0.717) is 11.1 Å². The molecule has 1 aliphatic rings. The van der Waals surface area contributed by atoms with Crippen molar-refractivity contribution in [2.24, 2.45) is 0 Å². The summed E-state index contributed by atoms with van der Waals surface area (Å²) in [6.45, 7) is 0.313. The van der Waals surface area contributed by atoms with Crippen LogP contribution in [0.15, 0.2) is 52.4 Å². The number of hydrogen-bond acceptors (Lipinski definition) is 9. The second-order valence-electron chi connectivity index (χ2n) is 7.01. The number of nitrogens with zero attached hydrogens (tertiary/aromatic N) is 4. The Morgan fingerprint density at radius 3 is 2.42 bits per heavy atom. The number of ether oxygens (including phenoxy) is 2. The average Bonchev–Trinajstić information content (AvgIpc) is 3.61. The SMILES string of the molecule is CSc1cnc(OCCOc2ncnc(NS(=O)(=O)NC3CC3)c2-c2ccc(Br)cc2)nc1. The van der Waals surface area contributed by atoms with Crippen molar-refractivity contribution in [2.45, 2.75) is 23.8 Å². The Kier molecular flexibility index (Phi) is 7.63.